The summed E-state index contributed by atoms with van der Waals surface area (Å²) in [5, 5.41) is 13.1. The fraction of sp³-hybridized carbons (Fsp3) is 1.00. The zero-order valence-corrected chi connectivity index (χ0v) is 10.6. The summed E-state index contributed by atoms with van der Waals surface area (Å²) in [7, 11) is 0. The van der Waals surface area contributed by atoms with E-state index in [9.17, 15) is 5.11 Å². The molecule has 16 heavy (non-hydrogen) atoms. The minimum absolute atomic E-state index is 0.396. The van der Waals surface area contributed by atoms with Crippen molar-refractivity contribution in [2.45, 2.75) is 57.9 Å². The highest BCUT2D eigenvalue weighted by Gasteiger charge is 2.26. The number of hydrogen-bond donors (Lipinski definition) is 2. The Bertz CT molecular complexity index is 207. The summed E-state index contributed by atoms with van der Waals surface area (Å²) in [6.07, 6.45) is 9.36. The van der Waals surface area contributed by atoms with Crippen LogP contribution in [0.15, 0.2) is 0 Å². The third-order valence-electron chi connectivity index (χ3n) is 4.66. The molecule has 2 aliphatic carbocycles. The Kier molecular flexibility index (Phi) is 4.66. The minimum Gasteiger partial charge on any atom is -0.396 e. The van der Waals surface area contributed by atoms with Crippen LogP contribution < -0.4 is 5.32 Å². The molecule has 0 amide bonds. The maximum atomic E-state index is 9.37. The third kappa shape index (κ3) is 3.21. The van der Waals surface area contributed by atoms with Crippen LogP contribution >= 0.6 is 0 Å². The summed E-state index contributed by atoms with van der Waals surface area (Å²) in [5.41, 5.74) is 0. The van der Waals surface area contributed by atoms with Crippen LogP contribution in [-0.2, 0) is 0 Å². The summed E-state index contributed by atoms with van der Waals surface area (Å²) < 4.78 is 0. The number of nitrogens with one attached hydrogen (secondary N) is 1. The van der Waals surface area contributed by atoms with Crippen molar-refractivity contribution in [3.63, 3.8) is 0 Å². The quantitative estimate of drug-likeness (QED) is 0.770. The van der Waals surface area contributed by atoms with Crippen molar-refractivity contribution in [3.8, 4) is 0 Å². The first-order valence-electron chi connectivity index (χ1n) is 7.14. The molecule has 2 rings (SSSR count). The van der Waals surface area contributed by atoms with E-state index < -0.39 is 0 Å². The molecular weight excluding hydrogens is 198 g/mol. The van der Waals surface area contributed by atoms with Gasteiger partial charge in [-0.25, -0.2) is 0 Å². The van der Waals surface area contributed by atoms with Crippen molar-refractivity contribution >= 4 is 0 Å². The molecule has 4 unspecified atom stereocenters. The van der Waals surface area contributed by atoms with Crippen LogP contribution in [0.4, 0.5) is 0 Å². The van der Waals surface area contributed by atoms with Crippen molar-refractivity contribution in [1.29, 1.82) is 0 Å². The maximum Gasteiger partial charge on any atom is 0.0462 e. The van der Waals surface area contributed by atoms with Crippen molar-refractivity contribution in [2.24, 2.45) is 17.8 Å². The molecule has 0 aromatic carbocycles. The Morgan fingerprint density at radius 3 is 2.44 bits per heavy atom. The number of aliphatic hydroxyl groups is 1. The molecule has 2 fully saturated rings. The van der Waals surface area contributed by atoms with Gasteiger partial charge in [0.25, 0.3) is 0 Å². The van der Waals surface area contributed by atoms with Gasteiger partial charge in [-0.05, 0) is 56.4 Å². The monoisotopic (exact) mass is 225 g/mol. The second-order valence-electron chi connectivity index (χ2n) is 6.01. The van der Waals surface area contributed by atoms with E-state index in [1.165, 1.54) is 44.9 Å². The van der Waals surface area contributed by atoms with E-state index >= 15 is 0 Å². The van der Waals surface area contributed by atoms with Gasteiger partial charge in [-0.1, -0.05) is 19.8 Å². The van der Waals surface area contributed by atoms with Crippen LogP contribution in [0.2, 0.25) is 0 Å². The maximum absolute atomic E-state index is 9.37. The summed E-state index contributed by atoms with van der Waals surface area (Å²) in [4.78, 5) is 0. The topological polar surface area (TPSA) is 32.3 Å². The van der Waals surface area contributed by atoms with Crippen LogP contribution in [0.25, 0.3) is 0 Å². The van der Waals surface area contributed by atoms with Gasteiger partial charge in [-0.15, -0.1) is 0 Å². The highest BCUT2D eigenvalue weighted by Crippen LogP contribution is 2.30. The van der Waals surface area contributed by atoms with E-state index in [1.54, 1.807) is 0 Å². The number of aliphatic hydroxyl groups excluding tert-OH is 1. The van der Waals surface area contributed by atoms with Gasteiger partial charge in [0, 0.05) is 12.6 Å². The minimum atomic E-state index is 0.396. The Morgan fingerprint density at radius 1 is 1.06 bits per heavy atom. The lowest BCUT2D eigenvalue weighted by atomic mass is 9.79. The second-order valence-corrected chi connectivity index (χ2v) is 6.01. The number of rotatable bonds is 4. The summed E-state index contributed by atoms with van der Waals surface area (Å²) in [6, 6.07) is 0.760. The molecule has 0 bridgehead atoms. The molecule has 0 aromatic heterocycles. The number of hydrogen-bond acceptors (Lipinski definition) is 2. The van der Waals surface area contributed by atoms with E-state index in [-0.39, 0.29) is 0 Å². The standard InChI is InChI=1S/C14H27NO/c1-11-6-7-14(8-11)15-9-12-4-2-3-5-13(12)10-16/h11-16H,2-10H2,1H3. The Balaban J connectivity index is 1.71. The first-order valence-corrected chi connectivity index (χ1v) is 7.14. The van der Waals surface area contributed by atoms with Crippen LogP contribution in [0, 0.1) is 17.8 Å². The average Bonchev–Trinajstić information content (AvgIpc) is 2.73. The molecule has 2 nitrogen and oxygen atoms in total. The van der Waals surface area contributed by atoms with E-state index in [0.29, 0.717) is 12.5 Å². The lowest BCUT2D eigenvalue weighted by molar-refractivity contribution is 0.131. The molecule has 0 heterocycles. The normalized spacial score (nSPS) is 40.1. The molecule has 94 valence electrons. The molecular formula is C14H27NO. The molecule has 0 aliphatic heterocycles. The summed E-state index contributed by atoms with van der Waals surface area (Å²) in [5.74, 6) is 2.22. The zero-order valence-electron chi connectivity index (χ0n) is 10.6. The first-order chi connectivity index (χ1) is 7.79. The molecule has 4 atom stereocenters. The van der Waals surface area contributed by atoms with Gasteiger partial charge in [-0.2, -0.15) is 0 Å². The highest BCUT2D eigenvalue weighted by atomic mass is 16.3. The van der Waals surface area contributed by atoms with Crippen LogP contribution in [0.1, 0.15) is 51.9 Å². The Morgan fingerprint density at radius 2 is 1.81 bits per heavy atom. The molecule has 2 heteroatoms. The molecule has 2 aliphatic rings. The fourth-order valence-corrected chi connectivity index (χ4v) is 3.50. The largest absolute Gasteiger partial charge is 0.396 e. The fourth-order valence-electron chi connectivity index (χ4n) is 3.50. The van der Waals surface area contributed by atoms with Gasteiger partial charge < -0.3 is 10.4 Å². The lowest BCUT2D eigenvalue weighted by Crippen LogP contribution is -2.36. The highest BCUT2D eigenvalue weighted by molar-refractivity contribution is 4.82. The van der Waals surface area contributed by atoms with Crippen LogP contribution in [0.5, 0.6) is 0 Å². The summed E-state index contributed by atoms with van der Waals surface area (Å²) in [6.45, 7) is 3.90. The predicted molar refractivity (Wildman–Crippen MR) is 67.3 cm³/mol. The lowest BCUT2D eigenvalue weighted by Gasteiger charge is -2.31. The van der Waals surface area contributed by atoms with Gasteiger partial charge in [0.05, 0.1) is 0 Å². The van der Waals surface area contributed by atoms with E-state index in [0.717, 1.165) is 24.4 Å². The van der Waals surface area contributed by atoms with E-state index in [4.69, 9.17) is 0 Å². The average molecular weight is 225 g/mol. The van der Waals surface area contributed by atoms with Crippen LogP contribution in [0.3, 0.4) is 0 Å². The molecule has 0 saturated heterocycles. The van der Waals surface area contributed by atoms with Crippen molar-refractivity contribution in [1.82, 2.24) is 5.32 Å². The van der Waals surface area contributed by atoms with Gasteiger partial charge in [-0.3, -0.25) is 0 Å². The Hall–Kier alpha value is -0.0800. The molecule has 0 aromatic rings. The molecule has 0 radical (unpaired) electrons. The smallest absolute Gasteiger partial charge is 0.0462 e. The van der Waals surface area contributed by atoms with Gasteiger partial charge in [0.1, 0.15) is 0 Å². The van der Waals surface area contributed by atoms with Gasteiger partial charge in [0.15, 0.2) is 0 Å². The molecule has 0 spiro atoms. The molecule has 2 saturated carbocycles. The SMILES string of the molecule is CC1CCC(NCC2CCCCC2CO)C1. The first kappa shape index (κ1) is 12.4. The predicted octanol–water partition coefficient (Wildman–Crippen LogP) is 2.56. The van der Waals surface area contributed by atoms with Gasteiger partial charge >= 0.3 is 0 Å². The van der Waals surface area contributed by atoms with Crippen LogP contribution in [-0.4, -0.2) is 24.3 Å². The Labute approximate surface area is 99.8 Å². The van der Waals surface area contributed by atoms with Gasteiger partial charge in [0.2, 0.25) is 0 Å². The van der Waals surface area contributed by atoms with E-state index in [2.05, 4.69) is 12.2 Å². The zero-order chi connectivity index (χ0) is 11.4. The third-order valence-corrected chi connectivity index (χ3v) is 4.66. The second kappa shape index (κ2) is 6.02. The molecule has 2 N–H and O–H groups in total. The van der Waals surface area contributed by atoms with Crippen molar-refractivity contribution in [3.05, 3.63) is 0 Å². The van der Waals surface area contributed by atoms with Crippen molar-refractivity contribution < 1.29 is 5.11 Å². The van der Waals surface area contributed by atoms with E-state index in [1.807, 2.05) is 0 Å². The van der Waals surface area contributed by atoms with Crippen molar-refractivity contribution in [2.75, 3.05) is 13.2 Å². The summed E-state index contributed by atoms with van der Waals surface area (Å²) >= 11 is 0.